The lowest BCUT2D eigenvalue weighted by Gasteiger charge is -2.32. The van der Waals surface area contributed by atoms with Gasteiger partial charge in [0.25, 0.3) is 0 Å². The summed E-state index contributed by atoms with van der Waals surface area (Å²) in [6, 6.07) is 1.03. The van der Waals surface area contributed by atoms with Gasteiger partial charge in [0.05, 0.1) is 0 Å². The second-order valence-electron chi connectivity index (χ2n) is 4.72. The maximum atomic E-state index is 11.5. The first-order valence-electron chi connectivity index (χ1n) is 5.96. The van der Waals surface area contributed by atoms with Crippen LogP contribution in [0, 0.1) is 0 Å². The third-order valence-electron chi connectivity index (χ3n) is 3.29. The van der Waals surface area contributed by atoms with E-state index in [1.807, 2.05) is 0 Å². The molecule has 2 rings (SSSR count). The van der Waals surface area contributed by atoms with Gasteiger partial charge in [0, 0.05) is 38.1 Å². The van der Waals surface area contributed by atoms with E-state index in [2.05, 4.69) is 22.6 Å². The molecule has 4 heteroatoms. The standard InChI is InChI=1S/C11H21N3O/c1-14-7-6-12-8-10(14)4-5-11(15)13-9-2-3-9/h9-10,12H,2-8H2,1H3,(H,13,15). The van der Waals surface area contributed by atoms with Crippen LogP contribution in [0.3, 0.4) is 0 Å². The molecular weight excluding hydrogens is 190 g/mol. The van der Waals surface area contributed by atoms with Crippen molar-refractivity contribution in [2.75, 3.05) is 26.7 Å². The first-order chi connectivity index (χ1) is 7.25. The molecule has 1 amide bonds. The zero-order valence-corrected chi connectivity index (χ0v) is 9.46. The van der Waals surface area contributed by atoms with Gasteiger partial charge in [-0.1, -0.05) is 0 Å². The van der Waals surface area contributed by atoms with Gasteiger partial charge in [-0.2, -0.15) is 0 Å². The van der Waals surface area contributed by atoms with Crippen LogP contribution in [0.1, 0.15) is 25.7 Å². The molecule has 0 aromatic heterocycles. The van der Waals surface area contributed by atoms with Crippen LogP contribution in [-0.2, 0) is 4.79 Å². The van der Waals surface area contributed by atoms with Gasteiger partial charge in [0.15, 0.2) is 0 Å². The van der Waals surface area contributed by atoms with Gasteiger partial charge in [0.1, 0.15) is 0 Å². The maximum absolute atomic E-state index is 11.5. The normalized spacial score (nSPS) is 27.7. The minimum atomic E-state index is 0.233. The number of likely N-dealkylation sites (N-methyl/N-ethyl adjacent to an activating group) is 1. The van der Waals surface area contributed by atoms with Crippen molar-refractivity contribution < 1.29 is 4.79 Å². The Bertz CT molecular complexity index is 228. The van der Waals surface area contributed by atoms with Crippen LogP contribution in [0.5, 0.6) is 0 Å². The number of carbonyl (C=O) groups is 1. The highest BCUT2D eigenvalue weighted by molar-refractivity contribution is 5.76. The van der Waals surface area contributed by atoms with Crippen molar-refractivity contribution in [3.05, 3.63) is 0 Å². The third-order valence-corrected chi connectivity index (χ3v) is 3.29. The van der Waals surface area contributed by atoms with E-state index < -0.39 is 0 Å². The highest BCUT2D eigenvalue weighted by Crippen LogP contribution is 2.19. The monoisotopic (exact) mass is 211 g/mol. The van der Waals surface area contributed by atoms with Crippen molar-refractivity contribution in [3.63, 3.8) is 0 Å². The van der Waals surface area contributed by atoms with Crippen molar-refractivity contribution in [2.24, 2.45) is 0 Å². The maximum Gasteiger partial charge on any atom is 0.220 e. The van der Waals surface area contributed by atoms with E-state index >= 15 is 0 Å². The van der Waals surface area contributed by atoms with Gasteiger partial charge in [-0.25, -0.2) is 0 Å². The molecule has 2 aliphatic rings. The largest absolute Gasteiger partial charge is 0.353 e. The van der Waals surface area contributed by atoms with Crippen molar-refractivity contribution >= 4 is 5.91 Å². The summed E-state index contributed by atoms with van der Waals surface area (Å²) in [6.07, 6.45) is 4.00. The molecule has 1 unspecified atom stereocenters. The molecule has 1 saturated heterocycles. The molecule has 1 atom stereocenters. The highest BCUT2D eigenvalue weighted by Gasteiger charge is 2.24. The van der Waals surface area contributed by atoms with E-state index in [-0.39, 0.29) is 5.91 Å². The number of piperazine rings is 1. The summed E-state index contributed by atoms with van der Waals surface area (Å²) in [7, 11) is 2.14. The summed E-state index contributed by atoms with van der Waals surface area (Å²) in [4.78, 5) is 13.8. The second-order valence-corrected chi connectivity index (χ2v) is 4.72. The molecule has 1 aliphatic heterocycles. The Hall–Kier alpha value is -0.610. The van der Waals surface area contributed by atoms with E-state index in [9.17, 15) is 4.79 Å². The average Bonchev–Trinajstić information content (AvgIpc) is 3.00. The Balaban J connectivity index is 1.64. The predicted molar refractivity (Wildman–Crippen MR) is 59.7 cm³/mol. The molecule has 4 nitrogen and oxygen atoms in total. The Kier molecular flexibility index (Phi) is 3.59. The molecule has 86 valence electrons. The van der Waals surface area contributed by atoms with Crippen molar-refractivity contribution in [1.29, 1.82) is 0 Å². The summed E-state index contributed by atoms with van der Waals surface area (Å²) in [6.45, 7) is 3.18. The molecular formula is C11H21N3O. The minimum absolute atomic E-state index is 0.233. The number of amides is 1. The molecule has 1 saturated carbocycles. The fraction of sp³-hybridized carbons (Fsp3) is 0.909. The molecule has 1 aliphatic carbocycles. The Labute approximate surface area is 91.4 Å². The summed E-state index contributed by atoms with van der Waals surface area (Å²) in [5.74, 6) is 0.233. The van der Waals surface area contributed by atoms with Gasteiger partial charge in [0.2, 0.25) is 5.91 Å². The molecule has 2 fully saturated rings. The van der Waals surface area contributed by atoms with E-state index in [0.717, 1.165) is 26.1 Å². The van der Waals surface area contributed by atoms with Crippen molar-refractivity contribution in [2.45, 2.75) is 37.8 Å². The number of nitrogens with one attached hydrogen (secondary N) is 2. The summed E-state index contributed by atoms with van der Waals surface area (Å²) >= 11 is 0. The summed E-state index contributed by atoms with van der Waals surface area (Å²) in [5.41, 5.74) is 0. The van der Waals surface area contributed by atoms with Crippen LogP contribution in [0.25, 0.3) is 0 Å². The quantitative estimate of drug-likeness (QED) is 0.685. The van der Waals surface area contributed by atoms with E-state index in [1.165, 1.54) is 12.8 Å². The fourth-order valence-corrected chi connectivity index (χ4v) is 2.01. The molecule has 1 heterocycles. The van der Waals surface area contributed by atoms with Gasteiger partial charge >= 0.3 is 0 Å². The first kappa shape index (κ1) is 10.9. The lowest BCUT2D eigenvalue weighted by Crippen LogP contribution is -2.49. The lowest BCUT2D eigenvalue weighted by molar-refractivity contribution is -0.121. The Morgan fingerprint density at radius 2 is 2.33 bits per heavy atom. The smallest absolute Gasteiger partial charge is 0.220 e. The summed E-state index contributed by atoms with van der Waals surface area (Å²) in [5, 5.41) is 6.40. The van der Waals surface area contributed by atoms with Crippen LogP contribution < -0.4 is 10.6 Å². The molecule has 0 radical (unpaired) electrons. The Morgan fingerprint density at radius 3 is 3.00 bits per heavy atom. The fourth-order valence-electron chi connectivity index (χ4n) is 2.01. The van der Waals surface area contributed by atoms with E-state index in [1.54, 1.807) is 0 Å². The van der Waals surface area contributed by atoms with Gasteiger partial charge in [-0.3, -0.25) is 4.79 Å². The summed E-state index contributed by atoms with van der Waals surface area (Å²) < 4.78 is 0. The number of hydrogen-bond acceptors (Lipinski definition) is 3. The van der Waals surface area contributed by atoms with Gasteiger partial charge in [-0.05, 0) is 26.3 Å². The van der Waals surface area contributed by atoms with Crippen LogP contribution >= 0.6 is 0 Å². The predicted octanol–water partition coefficient (Wildman–Crippen LogP) is -0.0512. The van der Waals surface area contributed by atoms with Crippen LogP contribution in [0.15, 0.2) is 0 Å². The molecule has 2 N–H and O–H groups in total. The van der Waals surface area contributed by atoms with Crippen molar-refractivity contribution in [1.82, 2.24) is 15.5 Å². The van der Waals surface area contributed by atoms with Crippen molar-refractivity contribution in [3.8, 4) is 0 Å². The van der Waals surface area contributed by atoms with Crippen LogP contribution in [0.2, 0.25) is 0 Å². The first-order valence-corrected chi connectivity index (χ1v) is 5.96. The molecule has 0 aromatic rings. The third kappa shape index (κ3) is 3.47. The van der Waals surface area contributed by atoms with E-state index in [4.69, 9.17) is 0 Å². The van der Waals surface area contributed by atoms with Crippen LogP contribution in [0.4, 0.5) is 0 Å². The number of carbonyl (C=O) groups excluding carboxylic acids is 1. The zero-order chi connectivity index (χ0) is 10.7. The molecule has 0 aromatic carbocycles. The zero-order valence-electron chi connectivity index (χ0n) is 9.46. The van der Waals surface area contributed by atoms with Gasteiger partial charge < -0.3 is 15.5 Å². The number of rotatable bonds is 4. The van der Waals surface area contributed by atoms with Crippen LogP contribution in [-0.4, -0.2) is 49.6 Å². The minimum Gasteiger partial charge on any atom is -0.353 e. The average molecular weight is 211 g/mol. The van der Waals surface area contributed by atoms with E-state index in [0.29, 0.717) is 18.5 Å². The highest BCUT2D eigenvalue weighted by atomic mass is 16.1. The SMILES string of the molecule is CN1CCNCC1CCC(=O)NC1CC1. The topological polar surface area (TPSA) is 44.4 Å². The Morgan fingerprint density at radius 1 is 1.53 bits per heavy atom. The molecule has 0 bridgehead atoms. The second kappa shape index (κ2) is 4.94. The molecule has 15 heavy (non-hydrogen) atoms. The van der Waals surface area contributed by atoms with Gasteiger partial charge in [-0.15, -0.1) is 0 Å². The number of nitrogens with zero attached hydrogens (tertiary/aromatic N) is 1. The number of hydrogen-bond donors (Lipinski definition) is 2. The lowest BCUT2D eigenvalue weighted by atomic mass is 10.1. The molecule has 0 spiro atoms.